The van der Waals surface area contributed by atoms with Gasteiger partial charge >= 0.3 is 0 Å². The molecule has 3 aromatic carbocycles. The molecule has 0 bridgehead atoms. The summed E-state index contributed by atoms with van der Waals surface area (Å²) >= 11 is 0. The van der Waals surface area contributed by atoms with Crippen LogP contribution in [0.4, 0.5) is 0 Å². The summed E-state index contributed by atoms with van der Waals surface area (Å²) in [5.74, 6) is -0.212. The van der Waals surface area contributed by atoms with E-state index in [1.54, 1.807) is 13.0 Å². The van der Waals surface area contributed by atoms with Crippen LogP contribution in [0.1, 0.15) is 28.5 Å². The molecule has 0 saturated carbocycles. The van der Waals surface area contributed by atoms with Crippen molar-refractivity contribution in [2.75, 3.05) is 31.1 Å². The molecular formula is C30H31N3O6S. The zero-order valence-corrected chi connectivity index (χ0v) is 23.2. The number of hydrogen-bond donors (Lipinski definition) is 3. The first-order valence-electron chi connectivity index (χ1n) is 13.1. The Morgan fingerprint density at radius 3 is 2.23 bits per heavy atom. The summed E-state index contributed by atoms with van der Waals surface area (Å²) in [7, 11) is -2.96. The van der Waals surface area contributed by atoms with Crippen LogP contribution in [0.5, 0.6) is 11.5 Å². The summed E-state index contributed by atoms with van der Waals surface area (Å²) in [5, 5.41) is 28.3. The number of nitrogens with one attached hydrogen (secondary N) is 1. The van der Waals surface area contributed by atoms with E-state index in [0.717, 1.165) is 16.7 Å². The zero-order valence-electron chi connectivity index (χ0n) is 22.3. The van der Waals surface area contributed by atoms with Gasteiger partial charge < -0.3 is 20.1 Å². The molecule has 1 amide bonds. The van der Waals surface area contributed by atoms with E-state index >= 15 is 0 Å². The van der Waals surface area contributed by atoms with Crippen LogP contribution in [-0.4, -0.2) is 65.7 Å². The van der Waals surface area contributed by atoms with Gasteiger partial charge in [-0.1, -0.05) is 59.3 Å². The number of benzene rings is 3. The molecule has 0 spiro atoms. The average molecular weight is 562 g/mol. The molecule has 5 rings (SSSR count). The highest BCUT2D eigenvalue weighted by Gasteiger charge is 2.27. The molecule has 1 aliphatic heterocycles. The summed E-state index contributed by atoms with van der Waals surface area (Å²) in [6, 6.07) is 18.0. The van der Waals surface area contributed by atoms with Crippen LogP contribution in [0.15, 0.2) is 65.2 Å². The summed E-state index contributed by atoms with van der Waals surface area (Å²) in [4.78, 5) is 15.0. The molecule has 1 aromatic heterocycles. The monoisotopic (exact) mass is 561 g/mol. The molecule has 208 valence electrons. The standard InChI is InChI=1S/C30H31N3O6S/c1-3-31-30(36)28-27(22-10-6-20(7-11-22)18-33-12-14-40(37,38)15-13-33)29(39-32-28)24-16-23(25(34)17-26(24)35)21-8-4-19(2)5-9-21/h4-11,16-17,34-35H,3,12-15,18H2,1-2H3,(H,31,36). The Labute approximate surface area is 233 Å². The van der Waals surface area contributed by atoms with Gasteiger partial charge in [-0.05, 0) is 36.6 Å². The van der Waals surface area contributed by atoms with Gasteiger partial charge in [0.25, 0.3) is 5.91 Å². The summed E-state index contributed by atoms with van der Waals surface area (Å²) in [6.07, 6.45) is 0. The molecule has 9 nitrogen and oxygen atoms in total. The number of amides is 1. The third kappa shape index (κ3) is 5.73. The van der Waals surface area contributed by atoms with Gasteiger partial charge in [0.1, 0.15) is 11.5 Å². The van der Waals surface area contributed by atoms with Crippen molar-refractivity contribution in [3.05, 3.63) is 77.5 Å². The van der Waals surface area contributed by atoms with Gasteiger partial charge in [0.15, 0.2) is 21.3 Å². The minimum absolute atomic E-state index is 0.0789. The number of sulfone groups is 1. The third-order valence-electron chi connectivity index (χ3n) is 7.05. The summed E-state index contributed by atoms with van der Waals surface area (Å²) in [5.41, 5.74) is 4.75. The van der Waals surface area contributed by atoms with Gasteiger partial charge in [-0.3, -0.25) is 9.69 Å². The molecule has 0 aliphatic carbocycles. The average Bonchev–Trinajstić information content (AvgIpc) is 3.36. The number of nitrogens with zero attached hydrogens (tertiary/aromatic N) is 2. The Morgan fingerprint density at radius 1 is 0.950 bits per heavy atom. The van der Waals surface area contributed by atoms with Crippen LogP contribution in [-0.2, 0) is 16.4 Å². The minimum Gasteiger partial charge on any atom is -0.507 e. The van der Waals surface area contributed by atoms with Gasteiger partial charge in [0.2, 0.25) is 0 Å². The number of hydrogen-bond acceptors (Lipinski definition) is 8. The summed E-state index contributed by atoms with van der Waals surface area (Å²) < 4.78 is 29.2. The van der Waals surface area contributed by atoms with E-state index in [9.17, 15) is 23.4 Å². The number of carbonyl (C=O) groups is 1. The molecule has 0 radical (unpaired) electrons. The fourth-order valence-corrected chi connectivity index (χ4v) is 6.08. The fraction of sp³-hybridized carbons (Fsp3) is 0.267. The topological polar surface area (TPSA) is 133 Å². The number of phenols is 2. The Bertz CT molecular complexity index is 1630. The van der Waals surface area contributed by atoms with Gasteiger partial charge in [-0.15, -0.1) is 0 Å². The lowest BCUT2D eigenvalue weighted by Gasteiger charge is -2.26. The molecule has 4 aromatic rings. The quantitative estimate of drug-likeness (QED) is 0.303. The molecule has 10 heteroatoms. The predicted molar refractivity (Wildman–Crippen MR) is 153 cm³/mol. The van der Waals surface area contributed by atoms with Gasteiger partial charge in [0.05, 0.1) is 22.6 Å². The van der Waals surface area contributed by atoms with E-state index in [1.807, 2.05) is 55.5 Å². The molecule has 0 atom stereocenters. The second-order valence-corrected chi connectivity index (χ2v) is 12.3. The second-order valence-electron chi connectivity index (χ2n) is 9.97. The lowest BCUT2D eigenvalue weighted by Crippen LogP contribution is -2.39. The highest BCUT2D eigenvalue weighted by atomic mass is 32.2. The zero-order chi connectivity index (χ0) is 28.4. The van der Waals surface area contributed by atoms with Gasteiger partial charge in [0, 0.05) is 37.8 Å². The van der Waals surface area contributed by atoms with Gasteiger partial charge in [-0.2, -0.15) is 0 Å². The molecular weight excluding hydrogens is 530 g/mol. The number of aryl methyl sites for hydroxylation is 1. The maximum Gasteiger partial charge on any atom is 0.274 e. The Morgan fingerprint density at radius 2 is 1.57 bits per heavy atom. The van der Waals surface area contributed by atoms with E-state index in [0.29, 0.717) is 42.9 Å². The third-order valence-corrected chi connectivity index (χ3v) is 8.66. The van der Waals surface area contributed by atoms with Crippen molar-refractivity contribution in [2.45, 2.75) is 20.4 Å². The maximum absolute atomic E-state index is 12.9. The van der Waals surface area contributed by atoms with E-state index in [-0.39, 0.29) is 40.0 Å². The first-order chi connectivity index (χ1) is 19.1. The van der Waals surface area contributed by atoms with Crippen molar-refractivity contribution in [1.29, 1.82) is 0 Å². The molecule has 1 aliphatic rings. The van der Waals surface area contributed by atoms with Crippen molar-refractivity contribution >= 4 is 15.7 Å². The maximum atomic E-state index is 12.9. The van der Waals surface area contributed by atoms with E-state index in [2.05, 4.69) is 15.4 Å². The van der Waals surface area contributed by atoms with Crippen LogP contribution in [0, 0.1) is 6.92 Å². The molecule has 0 unspecified atom stereocenters. The largest absolute Gasteiger partial charge is 0.507 e. The van der Waals surface area contributed by atoms with Crippen molar-refractivity contribution in [3.8, 4) is 45.1 Å². The van der Waals surface area contributed by atoms with Crippen LogP contribution in [0.2, 0.25) is 0 Å². The van der Waals surface area contributed by atoms with Crippen LogP contribution >= 0.6 is 0 Å². The smallest absolute Gasteiger partial charge is 0.274 e. The molecule has 40 heavy (non-hydrogen) atoms. The number of aromatic nitrogens is 1. The molecule has 2 heterocycles. The summed E-state index contributed by atoms with van der Waals surface area (Å²) in [6.45, 7) is 5.76. The highest BCUT2D eigenvalue weighted by Crippen LogP contribution is 2.44. The second kappa shape index (κ2) is 11.1. The number of aromatic hydroxyl groups is 2. The lowest BCUT2D eigenvalue weighted by molar-refractivity contribution is 0.0947. The number of carbonyl (C=O) groups excluding carboxylic acids is 1. The van der Waals surface area contributed by atoms with Crippen molar-refractivity contribution in [1.82, 2.24) is 15.4 Å². The lowest BCUT2D eigenvalue weighted by atomic mass is 9.94. The Balaban J connectivity index is 1.54. The Hall–Kier alpha value is -4.15. The highest BCUT2D eigenvalue weighted by molar-refractivity contribution is 7.91. The van der Waals surface area contributed by atoms with Crippen molar-refractivity contribution in [2.24, 2.45) is 0 Å². The molecule has 1 saturated heterocycles. The van der Waals surface area contributed by atoms with E-state index in [1.165, 1.54) is 6.07 Å². The van der Waals surface area contributed by atoms with E-state index in [4.69, 9.17) is 4.52 Å². The predicted octanol–water partition coefficient (Wildman–Crippen LogP) is 4.38. The van der Waals surface area contributed by atoms with Crippen LogP contribution in [0.3, 0.4) is 0 Å². The van der Waals surface area contributed by atoms with Crippen molar-refractivity contribution < 1.29 is 27.9 Å². The van der Waals surface area contributed by atoms with Crippen LogP contribution < -0.4 is 5.32 Å². The first-order valence-corrected chi connectivity index (χ1v) is 14.9. The normalized spacial score (nSPS) is 15.2. The van der Waals surface area contributed by atoms with Crippen molar-refractivity contribution in [3.63, 3.8) is 0 Å². The fourth-order valence-electron chi connectivity index (χ4n) is 4.81. The number of phenolic OH excluding ortho intramolecular Hbond substituents is 2. The first kappa shape index (κ1) is 27.4. The molecule has 3 N–H and O–H groups in total. The molecule has 1 fully saturated rings. The van der Waals surface area contributed by atoms with E-state index < -0.39 is 15.7 Å². The number of rotatable bonds is 7. The van der Waals surface area contributed by atoms with Gasteiger partial charge in [-0.25, -0.2) is 8.42 Å². The van der Waals surface area contributed by atoms with Crippen LogP contribution in [0.25, 0.3) is 33.6 Å². The SMILES string of the molecule is CCNC(=O)c1noc(-c2cc(-c3ccc(C)cc3)c(O)cc2O)c1-c1ccc(CN2CCS(=O)(=O)CC2)cc1. The minimum atomic E-state index is -2.96. The Kier molecular flexibility index (Phi) is 7.64.